The molecule has 3 aromatic rings. The molecule has 4 rings (SSSR count). The molecule has 2 aromatic carbocycles. The van der Waals surface area contributed by atoms with Crippen molar-refractivity contribution in [1.29, 1.82) is 0 Å². The van der Waals surface area contributed by atoms with E-state index >= 15 is 0 Å². The van der Waals surface area contributed by atoms with E-state index in [1.807, 2.05) is 68.4 Å². The maximum absolute atomic E-state index is 13.2. The lowest BCUT2D eigenvalue weighted by molar-refractivity contribution is -0.127. The molecule has 6 heteroatoms. The summed E-state index contributed by atoms with van der Waals surface area (Å²) in [6.07, 6.45) is 1.73. The zero-order valence-electron chi connectivity index (χ0n) is 17.7. The van der Waals surface area contributed by atoms with Gasteiger partial charge in [0.15, 0.2) is 11.6 Å². The summed E-state index contributed by atoms with van der Waals surface area (Å²) >= 11 is 0. The van der Waals surface area contributed by atoms with Crippen molar-refractivity contribution >= 4 is 23.3 Å². The van der Waals surface area contributed by atoms with Gasteiger partial charge in [-0.1, -0.05) is 42.5 Å². The highest BCUT2D eigenvalue weighted by atomic mass is 16.5. The molecular formula is C25H25N3O3. The number of hydrogen-bond acceptors (Lipinski definition) is 4. The monoisotopic (exact) mass is 415 g/mol. The number of benzene rings is 2. The van der Waals surface area contributed by atoms with Gasteiger partial charge in [-0.15, -0.1) is 0 Å². The third-order valence-corrected chi connectivity index (χ3v) is 5.51. The molecule has 31 heavy (non-hydrogen) atoms. The van der Waals surface area contributed by atoms with Gasteiger partial charge in [0.2, 0.25) is 12.0 Å². The van der Waals surface area contributed by atoms with Crippen LogP contribution >= 0.6 is 0 Å². The Morgan fingerprint density at radius 3 is 2.68 bits per heavy atom. The molecule has 2 heterocycles. The van der Waals surface area contributed by atoms with Crippen molar-refractivity contribution in [2.45, 2.75) is 32.8 Å². The number of aromatic nitrogens is 1. The number of fused-ring (bicyclic) bond motifs is 1. The molecule has 2 amide bonds. The fourth-order valence-corrected chi connectivity index (χ4v) is 3.65. The molecular weight excluding hydrogens is 390 g/mol. The molecule has 0 fully saturated rings. The predicted molar refractivity (Wildman–Crippen MR) is 120 cm³/mol. The number of nitrogens with zero attached hydrogens (tertiary/aromatic N) is 2. The third kappa shape index (κ3) is 4.43. The normalized spacial score (nSPS) is 15.2. The zero-order valence-corrected chi connectivity index (χ0v) is 17.7. The average Bonchev–Trinajstić information content (AvgIpc) is 2.79. The summed E-state index contributed by atoms with van der Waals surface area (Å²) in [5.74, 6) is 0.813. The zero-order chi connectivity index (χ0) is 21.8. The van der Waals surface area contributed by atoms with Crippen molar-refractivity contribution in [3.63, 3.8) is 0 Å². The number of anilines is 2. The van der Waals surface area contributed by atoms with E-state index in [0.717, 1.165) is 22.4 Å². The lowest BCUT2D eigenvalue weighted by atomic mass is 10.1. The maximum atomic E-state index is 13.2. The summed E-state index contributed by atoms with van der Waals surface area (Å²) in [5, 5.41) is 2.97. The van der Waals surface area contributed by atoms with Crippen molar-refractivity contribution < 1.29 is 14.3 Å². The van der Waals surface area contributed by atoms with Crippen LogP contribution in [0.2, 0.25) is 0 Å². The molecule has 1 aliphatic rings. The minimum Gasteiger partial charge on any atom is -0.472 e. The highest BCUT2D eigenvalue weighted by Gasteiger charge is 2.36. The van der Waals surface area contributed by atoms with Gasteiger partial charge in [-0.2, -0.15) is 0 Å². The first-order valence-electron chi connectivity index (χ1n) is 10.4. The van der Waals surface area contributed by atoms with Crippen LogP contribution in [0.1, 0.15) is 35.6 Å². The van der Waals surface area contributed by atoms with E-state index in [-0.39, 0.29) is 11.8 Å². The van der Waals surface area contributed by atoms with Crippen LogP contribution in [0, 0.1) is 13.8 Å². The van der Waals surface area contributed by atoms with E-state index in [1.54, 1.807) is 17.2 Å². The SMILES string of the molecule is Cc1cccc(NC(=O)CCCN2C(=O)[C@@H](c3ccccc3)Oc3cccnc32)c1C. The Labute approximate surface area is 181 Å². The van der Waals surface area contributed by atoms with Crippen molar-refractivity contribution in [3.05, 3.63) is 83.6 Å². The van der Waals surface area contributed by atoms with Gasteiger partial charge < -0.3 is 10.1 Å². The Morgan fingerprint density at radius 1 is 1.06 bits per heavy atom. The first-order valence-corrected chi connectivity index (χ1v) is 10.4. The Balaban J connectivity index is 1.45. The molecule has 0 saturated carbocycles. The Kier molecular flexibility index (Phi) is 5.98. The van der Waals surface area contributed by atoms with Crippen molar-refractivity contribution in [1.82, 2.24) is 4.98 Å². The fraction of sp³-hybridized carbons (Fsp3) is 0.240. The molecule has 0 radical (unpaired) electrons. The van der Waals surface area contributed by atoms with Crippen LogP contribution in [0.4, 0.5) is 11.5 Å². The van der Waals surface area contributed by atoms with E-state index in [1.165, 1.54) is 0 Å². The van der Waals surface area contributed by atoms with Gasteiger partial charge in [0, 0.05) is 30.4 Å². The van der Waals surface area contributed by atoms with Crippen LogP contribution < -0.4 is 15.0 Å². The number of rotatable bonds is 6. The van der Waals surface area contributed by atoms with Crippen LogP contribution in [0.15, 0.2) is 66.9 Å². The fourth-order valence-electron chi connectivity index (χ4n) is 3.65. The minimum atomic E-state index is -0.721. The van der Waals surface area contributed by atoms with E-state index in [9.17, 15) is 9.59 Å². The van der Waals surface area contributed by atoms with E-state index in [2.05, 4.69) is 10.3 Å². The van der Waals surface area contributed by atoms with Gasteiger partial charge in [-0.05, 0) is 49.6 Å². The number of aryl methyl sites for hydroxylation is 1. The topological polar surface area (TPSA) is 71.5 Å². The van der Waals surface area contributed by atoms with Crippen LogP contribution in [0.5, 0.6) is 5.75 Å². The molecule has 0 saturated heterocycles. The van der Waals surface area contributed by atoms with Crippen LogP contribution in [0.3, 0.4) is 0 Å². The minimum absolute atomic E-state index is 0.0738. The lowest BCUT2D eigenvalue weighted by Gasteiger charge is -2.33. The first-order chi connectivity index (χ1) is 15.0. The molecule has 0 aliphatic carbocycles. The molecule has 0 bridgehead atoms. The summed E-state index contributed by atoms with van der Waals surface area (Å²) < 4.78 is 5.96. The maximum Gasteiger partial charge on any atom is 0.274 e. The summed E-state index contributed by atoms with van der Waals surface area (Å²) in [6, 6.07) is 18.9. The van der Waals surface area contributed by atoms with Crippen LogP contribution in [0.25, 0.3) is 0 Å². The van der Waals surface area contributed by atoms with Crippen LogP contribution in [-0.4, -0.2) is 23.3 Å². The van der Waals surface area contributed by atoms with Crippen molar-refractivity contribution in [2.75, 3.05) is 16.8 Å². The molecule has 0 unspecified atom stereocenters. The van der Waals surface area contributed by atoms with Gasteiger partial charge in [0.1, 0.15) is 0 Å². The largest absolute Gasteiger partial charge is 0.472 e. The van der Waals surface area contributed by atoms with Gasteiger partial charge in [-0.25, -0.2) is 4.98 Å². The number of ether oxygens (including phenoxy) is 1. The lowest BCUT2D eigenvalue weighted by Crippen LogP contribution is -2.42. The molecule has 1 N–H and O–H groups in total. The van der Waals surface area contributed by atoms with Crippen LogP contribution in [-0.2, 0) is 9.59 Å². The van der Waals surface area contributed by atoms with Gasteiger partial charge >= 0.3 is 0 Å². The summed E-state index contributed by atoms with van der Waals surface area (Å²) in [6.45, 7) is 4.39. The Morgan fingerprint density at radius 2 is 1.87 bits per heavy atom. The quantitative estimate of drug-likeness (QED) is 0.639. The van der Waals surface area contributed by atoms with E-state index in [0.29, 0.717) is 31.0 Å². The number of amides is 2. The Hall–Kier alpha value is -3.67. The van der Waals surface area contributed by atoms with E-state index in [4.69, 9.17) is 4.74 Å². The predicted octanol–water partition coefficient (Wildman–Crippen LogP) is 4.58. The number of nitrogens with one attached hydrogen (secondary N) is 1. The smallest absolute Gasteiger partial charge is 0.274 e. The highest BCUT2D eigenvalue weighted by Crippen LogP contribution is 2.37. The van der Waals surface area contributed by atoms with Crippen molar-refractivity contribution in [3.8, 4) is 5.75 Å². The summed E-state index contributed by atoms with van der Waals surface area (Å²) in [4.78, 5) is 31.6. The van der Waals surface area contributed by atoms with Crippen molar-refractivity contribution in [2.24, 2.45) is 0 Å². The third-order valence-electron chi connectivity index (χ3n) is 5.51. The number of hydrogen-bond donors (Lipinski definition) is 1. The second-order valence-electron chi connectivity index (χ2n) is 7.62. The van der Waals surface area contributed by atoms with Gasteiger partial charge in [-0.3, -0.25) is 14.5 Å². The number of carbonyl (C=O) groups excluding carboxylic acids is 2. The highest BCUT2D eigenvalue weighted by molar-refractivity contribution is 5.99. The van der Waals surface area contributed by atoms with E-state index < -0.39 is 6.10 Å². The van der Waals surface area contributed by atoms with Gasteiger partial charge in [0.05, 0.1) is 0 Å². The Bertz CT molecular complexity index is 1100. The molecule has 1 atom stereocenters. The molecule has 1 aliphatic heterocycles. The molecule has 1 aromatic heterocycles. The second kappa shape index (κ2) is 9.00. The molecule has 0 spiro atoms. The molecule has 158 valence electrons. The average molecular weight is 415 g/mol. The first kappa shape index (κ1) is 20.6. The van der Waals surface area contributed by atoms with Gasteiger partial charge in [0.25, 0.3) is 5.91 Å². The standard InChI is InChI=1S/C25H25N3O3/c1-17-9-6-12-20(18(17)2)27-22(29)14-8-16-28-24-21(13-7-15-26-24)31-23(25(28)30)19-10-4-3-5-11-19/h3-7,9-13,15,23H,8,14,16H2,1-2H3,(H,27,29)/t23-/m1/s1. The molecule has 6 nitrogen and oxygen atoms in total. The second-order valence-corrected chi connectivity index (χ2v) is 7.62. The number of pyridine rings is 1. The summed E-state index contributed by atoms with van der Waals surface area (Å²) in [5.41, 5.74) is 3.80. The summed E-state index contributed by atoms with van der Waals surface area (Å²) in [7, 11) is 0. The number of carbonyl (C=O) groups is 2.